The zero-order valence-corrected chi connectivity index (χ0v) is 10.00. The quantitative estimate of drug-likeness (QED) is 0.841. The van der Waals surface area contributed by atoms with E-state index in [4.69, 9.17) is 5.73 Å². The van der Waals surface area contributed by atoms with Crippen molar-refractivity contribution in [2.45, 2.75) is 38.6 Å². The molecule has 2 rings (SSSR count). The zero-order chi connectivity index (χ0) is 10.1. The molecule has 4 heteroatoms. The van der Waals surface area contributed by atoms with E-state index < -0.39 is 0 Å². The normalized spacial score (nSPS) is 27.9. The molecule has 14 heavy (non-hydrogen) atoms. The molecule has 0 aliphatic heterocycles. The molecule has 2 unspecified atom stereocenters. The first-order valence-corrected chi connectivity index (χ1v) is 5.96. The first-order valence-electron chi connectivity index (χ1n) is 5.17. The van der Waals surface area contributed by atoms with Gasteiger partial charge in [-0.05, 0) is 34.7 Å². The Bertz CT molecular complexity index is 321. The Kier molecular flexibility index (Phi) is 2.81. The van der Waals surface area contributed by atoms with Crippen LogP contribution in [-0.2, 0) is 0 Å². The van der Waals surface area contributed by atoms with E-state index in [1.165, 1.54) is 25.7 Å². The average Bonchev–Trinajstić information content (AvgIpc) is 2.48. The number of nitrogens with two attached hydrogens (primary N) is 1. The van der Waals surface area contributed by atoms with Gasteiger partial charge in [0.05, 0.1) is 16.7 Å². The smallest absolute Gasteiger partial charge is 0.136 e. The lowest BCUT2D eigenvalue weighted by Gasteiger charge is -2.27. The average molecular weight is 258 g/mol. The second kappa shape index (κ2) is 3.93. The fourth-order valence-corrected chi connectivity index (χ4v) is 2.54. The molecule has 1 aromatic heterocycles. The van der Waals surface area contributed by atoms with Crippen LogP contribution in [0.5, 0.6) is 0 Å². The molecule has 3 nitrogen and oxygen atoms in total. The van der Waals surface area contributed by atoms with Gasteiger partial charge in [0, 0.05) is 0 Å². The zero-order valence-electron chi connectivity index (χ0n) is 8.41. The minimum Gasteiger partial charge on any atom is -0.383 e. The van der Waals surface area contributed by atoms with E-state index in [0.717, 1.165) is 16.2 Å². The third-order valence-electron chi connectivity index (χ3n) is 3.04. The van der Waals surface area contributed by atoms with Crippen LogP contribution in [0.2, 0.25) is 0 Å². The van der Waals surface area contributed by atoms with Gasteiger partial charge in [-0.15, -0.1) is 0 Å². The van der Waals surface area contributed by atoms with E-state index >= 15 is 0 Å². The van der Waals surface area contributed by atoms with Crippen LogP contribution in [0.1, 0.15) is 38.6 Å². The van der Waals surface area contributed by atoms with Crippen molar-refractivity contribution in [1.82, 2.24) is 9.78 Å². The molecule has 2 atom stereocenters. The van der Waals surface area contributed by atoms with Gasteiger partial charge >= 0.3 is 0 Å². The van der Waals surface area contributed by atoms with Crippen molar-refractivity contribution in [3.05, 3.63) is 10.7 Å². The summed E-state index contributed by atoms with van der Waals surface area (Å²) in [5.41, 5.74) is 5.93. The molecule has 1 aromatic rings. The van der Waals surface area contributed by atoms with E-state index in [1.54, 1.807) is 6.20 Å². The molecule has 2 N–H and O–H groups in total. The summed E-state index contributed by atoms with van der Waals surface area (Å²) in [7, 11) is 0. The molecule has 1 aliphatic rings. The Hall–Kier alpha value is -0.510. The summed E-state index contributed by atoms with van der Waals surface area (Å²) >= 11 is 3.39. The second-order valence-corrected chi connectivity index (χ2v) is 5.10. The fraction of sp³-hybridized carbons (Fsp3) is 0.700. The molecule has 1 fully saturated rings. The van der Waals surface area contributed by atoms with E-state index in [-0.39, 0.29) is 0 Å². The highest BCUT2D eigenvalue weighted by molar-refractivity contribution is 9.10. The van der Waals surface area contributed by atoms with Gasteiger partial charge in [0.15, 0.2) is 0 Å². The Morgan fingerprint density at radius 1 is 1.57 bits per heavy atom. The van der Waals surface area contributed by atoms with Gasteiger partial charge in [-0.1, -0.05) is 19.8 Å². The van der Waals surface area contributed by atoms with Crippen LogP contribution in [0.3, 0.4) is 0 Å². The Labute approximate surface area is 92.8 Å². The van der Waals surface area contributed by atoms with Crippen molar-refractivity contribution in [3.63, 3.8) is 0 Å². The minimum atomic E-state index is 0.505. The lowest BCUT2D eigenvalue weighted by atomic mass is 9.87. The lowest BCUT2D eigenvalue weighted by Crippen LogP contribution is -2.19. The van der Waals surface area contributed by atoms with Crippen molar-refractivity contribution >= 4 is 21.7 Å². The van der Waals surface area contributed by atoms with Gasteiger partial charge in [-0.3, -0.25) is 0 Å². The summed E-state index contributed by atoms with van der Waals surface area (Å²) in [6.45, 7) is 2.31. The van der Waals surface area contributed by atoms with E-state index in [9.17, 15) is 0 Å². The SMILES string of the molecule is CC1CCCC(n2ncc(Br)c2N)C1. The van der Waals surface area contributed by atoms with Crippen LogP contribution in [0.15, 0.2) is 10.7 Å². The maximum atomic E-state index is 5.93. The molecule has 0 spiro atoms. The highest BCUT2D eigenvalue weighted by Gasteiger charge is 2.22. The molecule has 0 radical (unpaired) electrons. The third kappa shape index (κ3) is 1.80. The molecular formula is C10H16BrN3. The number of nitrogens with zero attached hydrogens (tertiary/aromatic N) is 2. The molecular weight excluding hydrogens is 242 g/mol. The van der Waals surface area contributed by atoms with Crippen LogP contribution in [-0.4, -0.2) is 9.78 Å². The highest BCUT2D eigenvalue weighted by atomic mass is 79.9. The number of nitrogen functional groups attached to an aromatic ring is 1. The number of hydrogen-bond donors (Lipinski definition) is 1. The Balaban J connectivity index is 2.18. The Morgan fingerprint density at radius 2 is 2.36 bits per heavy atom. The molecule has 0 amide bonds. The highest BCUT2D eigenvalue weighted by Crippen LogP contribution is 2.34. The minimum absolute atomic E-state index is 0.505. The van der Waals surface area contributed by atoms with Crippen LogP contribution >= 0.6 is 15.9 Å². The summed E-state index contributed by atoms with van der Waals surface area (Å²) in [5, 5.41) is 4.32. The van der Waals surface area contributed by atoms with E-state index in [0.29, 0.717) is 6.04 Å². The van der Waals surface area contributed by atoms with Crippen molar-refractivity contribution in [3.8, 4) is 0 Å². The number of aromatic nitrogens is 2. The topological polar surface area (TPSA) is 43.8 Å². The van der Waals surface area contributed by atoms with Crippen LogP contribution in [0.25, 0.3) is 0 Å². The summed E-state index contributed by atoms with van der Waals surface area (Å²) in [6.07, 6.45) is 6.84. The first-order chi connectivity index (χ1) is 6.68. The largest absolute Gasteiger partial charge is 0.383 e. The van der Waals surface area contributed by atoms with Crippen molar-refractivity contribution < 1.29 is 0 Å². The monoisotopic (exact) mass is 257 g/mol. The number of anilines is 1. The number of halogens is 1. The molecule has 78 valence electrons. The predicted molar refractivity (Wildman–Crippen MR) is 61.0 cm³/mol. The van der Waals surface area contributed by atoms with Gasteiger partial charge in [-0.25, -0.2) is 4.68 Å². The molecule has 1 heterocycles. The molecule has 1 saturated carbocycles. The van der Waals surface area contributed by atoms with Gasteiger partial charge in [0.2, 0.25) is 0 Å². The lowest BCUT2D eigenvalue weighted by molar-refractivity contribution is 0.269. The predicted octanol–water partition coefficient (Wildman–Crippen LogP) is 2.98. The second-order valence-electron chi connectivity index (χ2n) is 4.25. The van der Waals surface area contributed by atoms with Gasteiger partial charge in [0.1, 0.15) is 5.82 Å². The van der Waals surface area contributed by atoms with Crippen LogP contribution < -0.4 is 5.73 Å². The first kappa shape index (κ1) is 10.0. The Morgan fingerprint density at radius 3 is 2.93 bits per heavy atom. The standard InChI is InChI=1S/C10H16BrN3/c1-7-3-2-4-8(5-7)14-10(12)9(11)6-13-14/h6-8H,2-5,12H2,1H3. The summed E-state index contributed by atoms with van der Waals surface area (Å²) < 4.78 is 2.88. The molecule has 1 aliphatic carbocycles. The molecule has 0 saturated heterocycles. The van der Waals surface area contributed by atoms with Crippen LogP contribution in [0.4, 0.5) is 5.82 Å². The van der Waals surface area contributed by atoms with Crippen molar-refractivity contribution in [2.24, 2.45) is 5.92 Å². The summed E-state index contributed by atoms with van der Waals surface area (Å²) in [6, 6.07) is 0.505. The third-order valence-corrected chi connectivity index (χ3v) is 3.65. The fourth-order valence-electron chi connectivity index (χ4n) is 2.27. The van der Waals surface area contributed by atoms with Gasteiger partial charge < -0.3 is 5.73 Å². The van der Waals surface area contributed by atoms with Crippen LogP contribution in [0, 0.1) is 5.92 Å². The van der Waals surface area contributed by atoms with Gasteiger partial charge in [0.25, 0.3) is 0 Å². The summed E-state index contributed by atoms with van der Waals surface area (Å²) in [4.78, 5) is 0. The molecule has 0 aromatic carbocycles. The van der Waals surface area contributed by atoms with Gasteiger partial charge in [-0.2, -0.15) is 5.10 Å². The van der Waals surface area contributed by atoms with Crippen molar-refractivity contribution in [1.29, 1.82) is 0 Å². The maximum Gasteiger partial charge on any atom is 0.136 e. The maximum absolute atomic E-state index is 5.93. The van der Waals surface area contributed by atoms with Crippen molar-refractivity contribution in [2.75, 3.05) is 5.73 Å². The van der Waals surface area contributed by atoms with E-state index in [1.807, 2.05) is 4.68 Å². The molecule has 0 bridgehead atoms. The van der Waals surface area contributed by atoms with E-state index in [2.05, 4.69) is 28.0 Å². The summed E-state index contributed by atoms with van der Waals surface area (Å²) in [5.74, 6) is 1.57. The number of rotatable bonds is 1. The number of hydrogen-bond acceptors (Lipinski definition) is 2.